The highest BCUT2D eigenvalue weighted by Gasteiger charge is 2.30. The van der Waals surface area contributed by atoms with Crippen molar-refractivity contribution in [1.29, 1.82) is 0 Å². The Morgan fingerprint density at radius 2 is 1.73 bits per heavy atom. The van der Waals surface area contributed by atoms with Gasteiger partial charge in [-0.2, -0.15) is 13.2 Å². The second-order valence-electron chi connectivity index (χ2n) is 9.58. The van der Waals surface area contributed by atoms with E-state index in [-0.39, 0.29) is 35.7 Å². The van der Waals surface area contributed by atoms with Crippen LogP contribution in [0, 0.1) is 0 Å². The van der Waals surface area contributed by atoms with Gasteiger partial charge in [0.2, 0.25) is 11.9 Å². The van der Waals surface area contributed by atoms with Crippen molar-refractivity contribution in [3.8, 4) is 16.9 Å². The van der Waals surface area contributed by atoms with Crippen molar-refractivity contribution in [3.63, 3.8) is 0 Å². The molecule has 1 aliphatic rings. The Hall–Kier alpha value is -4.15. The summed E-state index contributed by atoms with van der Waals surface area (Å²) in [5.41, 5.74) is 1.09. The SMILES string of the molecule is O=C(CN(CC1CCCO1)C(=O)c1ccccc1Cl)Nc1nc(-c2ccccc2)cn1-c1ccc(C(F)(F)F)cc1. The maximum atomic E-state index is 13.4. The molecular formula is C30H26ClF3N4O3. The molecule has 0 radical (unpaired) electrons. The molecule has 1 N–H and O–H groups in total. The van der Waals surface area contributed by atoms with E-state index in [4.69, 9.17) is 16.3 Å². The third-order valence-corrected chi connectivity index (χ3v) is 7.00. The molecule has 41 heavy (non-hydrogen) atoms. The van der Waals surface area contributed by atoms with Gasteiger partial charge in [0, 0.05) is 30.6 Å². The van der Waals surface area contributed by atoms with Crippen LogP contribution in [0.5, 0.6) is 0 Å². The molecule has 1 aromatic heterocycles. The number of alkyl halides is 3. The quantitative estimate of drug-likeness (QED) is 0.258. The van der Waals surface area contributed by atoms with Gasteiger partial charge in [-0.25, -0.2) is 4.98 Å². The largest absolute Gasteiger partial charge is 0.416 e. The molecule has 0 saturated carbocycles. The summed E-state index contributed by atoms with van der Waals surface area (Å²) in [7, 11) is 0. The highest BCUT2D eigenvalue weighted by Crippen LogP contribution is 2.31. The van der Waals surface area contributed by atoms with Gasteiger partial charge in [-0.05, 0) is 49.2 Å². The summed E-state index contributed by atoms with van der Waals surface area (Å²) in [5.74, 6) is -0.866. The van der Waals surface area contributed by atoms with Gasteiger partial charge in [0.25, 0.3) is 5.91 Å². The number of carbonyl (C=O) groups is 2. The highest BCUT2D eigenvalue weighted by molar-refractivity contribution is 6.33. The number of anilines is 1. The minimum atomic E-state index is -4.49. The first kappa shape index (κ1) is 28.4. The van der Waals surface area contributed by atoms with E-state index in [2.05, 4.69) is 10.3 Å². The van der Waals surface area contributed by atoms with Crippen molar-refractivity contribution in [3.05, 3.63) is 101 Å². The molecule has 212 valence electrons. The Bertz CT molecular complexity index is 1520. The number of ether oxygens (including phenoxy) is 1. The third kappa shape index (κ3) is 6.78. The van der Waals surface area contributed by atoms with Gasteiger partial charge in [0.15, 0.2) is 0 Å². The maximum Gasteiger partial charge on any atom is 0.416 e. The molecule has 0 aliphatic carbocycles. The second kappa shape index (κ2) is 12.2. The lowest BCUT2D eigenvalue weighted by Gasteiger charge is -2.25. The normalized spacial score (nSPS) is 15.1. The zero-order valence-electron chi connectivity index (χ0n) is 21.8. The zero-order valence-corrected chi connectivity index (χ0v) is 22.5. The lowest BCUT2D eigenvalue weighted by molar-refractivity contribution is -0.137. The molecule has 7 nitrogen and oxygen atoms in total. The van der Waals surface area contributed by atoms with Gasteiger partial charge >= 0.3 is 6.18 Å². The lowest BCUT2D eigenvalue weighted by Crippen LogP contribution is -2.42. The van der Waals surface area contributed by atoms with Gasteiger partial charge in [0.05, 0.1) is 27.9 Å². The minimum Gasteiger partial charge on any atom is -0.376 e. The predicted molar refractivity (Wildman–Crippen MR) is 149 cm³/mol. The smallest absolute Gasteiger partial charge is 0.376 e. The van der Waals surface area contributed by atoms with E-state index < -0.39 is 23.6 Å². The van der Waals surface area contributed by atoms with Crippen LogP contribution in [0.4, 0.5) is 19.1 Å². The average molecular weight is 583 g/mol. The maximum absolute atomic E-state index is 13.4. The van der Waals surface area contributed by atoms with Crippen molar-refractivity contribution in [2.45, 2.75) is 25.1 Å². The number of imidazole rings is 1. The lowest BCUT2D eigenvalue weighted by atomic mass is 10.1. The Balaban J connectivity index is 1.43. The number of halogens is 4. The van der Waals surface area contributed by atoms with Crippen LogP contribution >= 0.6 is 11.6 Å². The number of carbonyl (C=O) groups excluding carboxylic acids is 2. The van der Waals surface area contributed by atoms with Gasteiger partial charge in [0.1, 0.15) is 6.54 Å². The number of hydrogen-bond acceptors (Lipinski definition) is 4. The first-order chi connectivity index (χ1) is 19.7. The van der Waals surface area contributed by atoms with Crippen LogP contribution in [0.25, 0.3) is 16.9 Å². The van der Waals surface area contributed by atoms with E-state index in [0.29, 0.717) is 18.0 Å². The molecular weight excluding hydrogens is 557 g/mol. The summed E-state index contributed by atoms with van der Waals surface area (Å²) in [6.45, 7) is 0.461. The van der Waals surface area contributed by atoms with Crippen LogP contribution in [-0.2, 0) is 15.7 Å². The standard InChI is InChI=1S/C30H26ClF3N4O3/c31-25-11-5-4-10-24(25)28(40)37(17-23-9-6-16-41-23)19-27(39)36-29-35-26(20-7-2-1-3-8-20)18-38(29)22-14-12-21(13-15-22)30(32,33)34/h1-5,7-8,10-15,18,23H,6,9,16-17,19H2,(H,35,36,39). The number of benzene rings is 3. The Kier molecular flexibility index (Phi) is 8.41. The van der Waals surface area contributed by atoms with Crippen LogP contribution in [0.3, 0.4) is 0 Å². The minimum absolute atomic E-state index is 0.0934. The summed E-state index contributed by atoms with van der Waals surface area (Å²) in [5, 5.41) is 3.01. The van der Waals surface area contributed by atoms with Crippen LogP contribution in [0.1, 0.15) is 28.8 Å². The number of rotatable bonds is 8. The molecule has 1 aliphatic heterocycles. The van der Waals surface area contributed by atoms with E-state index >= 15 is 0 Å². The van der Waals surface area contributed by atoms with E-state index in [1.165, 1.54) is 21.6 Å². The van der Waals surface area contributed by atoms with Crippen molar-refractivity contribution < 1.29 is 27.5 Å². The highest BCUT2D eigenvalue weighted by atomic mass is 35.5. The Morgan fingerprint density at radius 1 is 1.02 bits per heavy atom. The molecule has 1 fully saturated rings. The summed E-state index contributed by atoms with van der Waals surface area (Å²) >= 11 is 6.27. The van der Waals surface area contributed by atoms with Gasteiger partial charge in [-0.3, -0.25) is 19.5 Å². The van der Waals surface area contributed by atoms with Crippen molar-refractivity contribution in [2.24, 2.45) is 0 Å². The molecule has 0 spiro atoms. The van der Waals surface area contributed by atoms with Crippen LogP contribution in [0.15, 0.2) is 85.1 Å². The monoisotopic (exact) mass is 582 g/mol. The molecule has 1 saturated heterocycles. The number of nitrogens with one attached hydrogen (secondary N) is 1. The third-order valence-electron chi connectivity index (χ3n) is 6.67. The molecule has 4 aromatic rings. The molecule has 11 heteroatoms. The summed E-state index contributed by atoms with van der Waals surface area (Å²) < 4.78 is 46.7. The van der Waals surface area contributed by atoms with Crippen molar-refractivity contribution in [2.75, 3.05) is 25.0 Å². The Labute approximate surface area is 239 Å². The molecule has 5 rings (SSSR count). The molecule has 2 amide bonds. The molecule has 2 heterocycles. The van der Waals surface area contributed by atoms with Crippen LogP contribution in [-0.4, -0.2) is 52.1 Å². The second-order valence-corrected chi connectivity index (χ2v) is 9.99. The van der Waals surface area contributed by atoms with Gasteiger partial charge < -0.3 is 9.64 Å². The topological polar surface area (TPSA) is 76.5 Å². The number of amides is 2. The fourth-order valence-corrected chi connectivity index (χ4v) is 4.84. The van der Waals surface area contributed by atoms with Crippen molar-refractivity contribution in [1.82, 2.24) is 14.5 Å². The molecule has 0 bridgehead atoms. The van der Waals surface area contributed by atoms with Crippen molar-refractivity contribution >= 4 is 29.4 Å². The fraction of sp³-hybridized carbons (Fsp3) is 0.233. The van der Waals surface area contributed by atoms with E-state index in [1.54, 1.807) is 30.5 Å². The number of aromatic nitrogens is 2. The van der Waals surface area contributed by atoms with Gasteiger partial charge in [-0.1, -0.05) is 54.1 Å². The predicted octanol–water partition coefficient (Wildman–Crippen LogP) is 6.47. The van der Waals surface area contributed by atoms with E-state index in [0.717, 1.165) is 30.5 Å². The Morgan fingerprint density at radius 3 is 2.39 bits per heavy atom. The average Bonchev–Trinajstić information content (AvgIpc) is 3.63. The van der Waals surface area contributed by atoms with Crippen LogP contribution in [0.2, 0.25) is 5.02 Å². The van der Waals surface area contributed by atoms with E-state index in [1.807, 2.05) is 30.3 Å². The number of nitrogens with zero attached hydrogens (tertiary/aromatic N) is 3. The zero-order chi connectivity index (χ0) is 29.0. The first-order valence-electron chi connectivity index (χ1n) is 13.0. The fourth-order valence-electron chi connectivity index (χ4n) is 4.62. The molecule has 3 aromatic carbocycles. The summed E-state index contributed by atoms with van der Waals surface area (Å²) in [6.07, 6.45) is -1.45. The summed E-state index contributed by atoms with van der Waals surface area (Å²) in [6, 6.07) is 20.3. The van der Waals surface area contributed by atoms with E-state index in [9.17, 15) is 22.8 Å². The van der Waals surface area contributed by atoms with Crippen LogP contribution < -0.4 is 5.32 Å². The number of hydrogen-bond donors (Lipinski definition) is 1. The molecule has 1 atom stereocenters. The van der Waals surface area contributed by atoms with Gasteiger partial charge in [-0.15, -0.1) is 0 Å². The summed E-state index contributed by atoms with van der Waals surface area (Å²) in [4.78, 5) is 32.7. The molecule has 1 unspecified atom stereocenters. The first-order valence-corrected chi connectivity index (χ1v) is 13.3.